The average Bonchev–Trinajstić information content (AvgIpc) is 3.19. The maximum Gasteiger partial charge on any atom is 0.129 e. The third-order valence-corrected chi connectivity index (χ3v) is 4.66. The number of rotatable bonds is 3. The minimum absolute atomic E-state index is 0.0508. The van der Waals surface area contributed by atoms with Crippen molar-refractivity contribution in [2.75, 3.05) is 6.54 Å². The van der Waals surface area contributed by atoms with Crippen LogP contribution in [0.4, 0.5) is 8.78 Å². The second kappa shape index (κ2) is 5.20. The summed E-state index contributed by atoms with van der Waals surface area (Å²) >= 11 is 0. The van der Waals surface area contributed by atoms with Gasteiger partial charge in [0.25, 0.3) is 0 Å². The van der Waals surface area contributed by atoms with E-state index in [1.165, 1.54) is 38.2 Å². The molecule has 104 valence electrons. The van der Waals surface area contributed by atoms with Gasteiger partial charge in [-0.25, -0.2) is 8.78 Å². The van der Waals surface area contributed by atoms with Crippen molar-refractivity contribution in [1.29, 1.82) is 0 Å². The lowest BCUT2D eigenvalue weighted by Gasteiger charge is -2.34. The van der Waals surface area contributed by atoms with Crippen LogP contribution in [0.5, 0.6) is 0 Å². The van der Waals surface area contributed by atoms with Crippen molar-refractivity contribution in [2.45, 2.75) is 50.5 Å². The molecule has 2 fully saturated rings. The molecular weight excluding hydrogens is 244 g/mol. The molecule has 1 aliphatic carbocycles. The van der Waals surface area contributed by atoms with Gasteiger partial charge in [0.1, 0.15) is 11.6 Å². The van der Waals surface area contributed by atoms with Crippen LogP contribution in [0.2, 0.25) is 0 Å². The quantitative estimate of drug-likeness (QED) is 0.876. The molecule has 2 aliphatic rings. The molecule has 0 bridgehead atoms. The predicted molar refractivity (Wildman–Crippen MR) is 72.0 cm³/mol. The molecule has 1 aromatic rings. The maximum atomic E-state index is 13.9. The minimum Gasteiger partial charge on any atom is -0.311 e. The van der Waals surface area contributed by atoms with E-state index in [-0.39, 0.29) is 5.54 Å². The largest absolute Gasteiger partial charge is 0.311 e. The predicted octanol–water partition coefficient (Wildman–Crippen LogP) is 3.82. The monoisotopic (exact) mass is 265 g/mol. The minimum atomic E-state index is -0.490. The van der Waals surface area contributed by atoms with Crippen molar-refractivity contribution >= 4 is 0 Å². The zero-order chi connectivity index (χ0) is 13.3. The van der Waals surface area contributed by atoms with Gasteiger partial charge >= 0.3 is 0 Å². The van der Waals surface area contributed by atoms with Gasteiger partial charge in [-0.1, -0.05) is 18.9 Å². The maximum absolute atomic E-state index is 13.9. The Morgan fingerprint density at radius 3 is 2.74 bits per heavy atom. The van der Waals surface area contributed by atoms with Gasteiger partial charge < -0.3 is 5.32 Å². The van der Waals surface area contributed by atoms with E-state index in [1.807, 2.05) is 0 Å². The van der Waals surface area contributed by atoms with E-state index in [1.54, 1.807) is 6.07 Å². The molecule has 1 nitrogen and oxygen atoms in total. The lowest BCUT2D eigenvalue weighted by Crippen LogP contribution is -2.48. The Morgan fingerprint density at radius 1 is 1.16 bits per heavy atom. The molecule has 1 heterocycles. The highest BCUT2D eigenvalue weighted by atomic mass is 19.1. The Hall–Kier alpha value is -0.960. The van der Waals surface area contributed by atoms with Crippen molar-refractivity contribution in [3.8, 4) is 0 Å². The van der Waals surface area contributed by atoms with Gasteiger partial charge in [-0.2, -0.15) is 0 Å². The van der Waals surface area contributed by atoms with Gasteiger partial charge in [0.05, 0.1) is 0 Å². The zero-order valence-corrected chi connectivity index (χ0v) is 11.2. The molecule has 1 N–H and O–H groups in total. The van der Waals surface area contributed by atoms with Crippen LogP contribution in [-0.4, -0.2) is 12.1 Å². The van der Waals surface area contributed by atoms with E-state index in [0.717, 1.165) is 19.0 Å². The van der Waals surface area contributed by atoms with E-state index in [0.29, 0.717) is 17.9 Å². The molecule has 1 saturated heterocycles. The Bertz CT molecular complexity index is 446. The highest BCUT2D eigenvalue weighted by molar-refractivity contribution is 5.23. The van der Waals surface area contributed by atoms with E-state index < -0.39 is 11.6 Å². The molecule has 1 saturated carbocycles. The third-order valence-electron chi connectivity index (χ3n) is 4.66. The van der Waals surface area contributed by atoms with Crippen molar-refractivity contribution in [2.24, 2.45) is 5.92 Å². The summed E-state index contributed by atoms with van der Waals surface area (Å²) in [6, 6.07) is 3.99. The summed E-state index contributed by atoms with van der Waals surface area (Å²) in [5.41, 5.74) is 0.706. The van der Waals surface area contributed by atoms with E-state index in [9.17, 15) is 8.78 Å². The Kier molecular flexibility index (Phi) is 3.57. The topological polar surface area (TPSA) is 12.0 Å². The molecule has 1 unspecified atom stereocenters. The fourth-order valence-electron chi connectivity index (χ4n) is 3.45. The first-order valence-corrected chi connectivity index (χ1v) is 7.39. The Morgan fingerprint density at radius 2 is 2.00 bits per heavy atom. The van der Waals surface area contributed by atoms with Crippen LogP contribution in [0.25, 0.3) is 0 Å². The van der Waals surface area contributed by atoms with Crippen molar-refractivity contribution in [3.63, 3.8) is 0 Å². The first kappa shape index (κ1) is 13.0. The SMILES string of the molecule is Fc1ccc(CC2(C3CC3)CCCCCN2)c(F)c1. The van der Waals surface area contributed by atoms with Gasteiger partial charge in [0.15, 0.2) is 0 Å². The normalized spacial score (nSPS) is 28.1. The first-order valence-electron chi connectivity index (χ1n) is 7.39. The van der Waals surface area contributed by atoms with Crippen LogP contribution >= 0.6 is 0 Å². The summed E-state index contributed by atoms with van der Waals surface area (Å²) < 4.78 is 26.9. The molecule has 19 heavy (non-hydrogen) atoms. The Labute approximate surface area is 113 Å². The molecule has 0 radical (unpaired) electrons. The van der Waals surface area contributed by atoms with Crippen molar-refractivity contribution in [3.05, 3.63) is 35.4 Å². The molecule has 1 atom stereocenters. The summed E-state index contributed by atoms with van der Waals surface area (Å²) in [6.45, 7) is 1.03. The molecular formula is C16H21F2N. The zero-order valence-electron chi connectivity index (χ0n) is 11.2. The summed E-state index contributed by atoms with van der Waals surface area (Å²) in [5.74, 6) is -0.211. The smallest absolute Gasteiger partial charge is 0.129 e. The first-order chi connectivity index (χ1) is 9.20. The van der Waals surface area contributed by atoms with Crippen LogP contribution in [0.3, 0.4) is 0 Å². The molecule has 3 rings (SSSR count). The van der Waals surface area contributed by atoms with Crippen LogP contribution in [-0.2, 0) is 6.42 Å². The van der Waals surface area contributed by atoms with Gasteiger partial charge in [-0.05, 0) is 56.2 Å². The summed E-state index contributed by atoms with van der Waals surface area (Å²) in [7, 11) is 0. The van der Waals surface area contributed by atoms with Gasteiger partial charge in [-0.3, -0.25) is 0 Å². The van der Waals surface area contributed by atoms with Crippen molar-refractivity contribution < 1.29 is 8.78 Å². The van der Waals surface area contributed by atoms with Crippen LogP contribution < -0.4 is 5.32 Å². The van der Waals surface area contributed by atoms with Gasteiger partial charge in [0, 0.05) is 11.6 Å². The highest BCUT2D eigenvalue weighted by Gasteiger charge is 2.45. The summed E-state index contributed by atoms with van der Waals surface area (Å²) in [4.78, 5) is 0. The second-order valence-electron chi connectivity index (χ2n) is 6.08. The average molecular weight is 265 g/mol. The molecule has 1 aromatic carbocycles. The standard InChI is InChI=1S/C16H21F2N/c17-14-7-4-12(15(18)10-14)11-16(13-5-6-13)8-2-1-3-9-19-16/h4,7,10,13,19H,1-3,5-6,8-9,11H2. The number of hydrogen-bond donors (Lipinski definition) is 1. The number of benzene rings is 1. The van der Waals surface area contributed by atoms with Crippen LogP contribution in [0.1, 0.15) is 44.1 Å². The summed E-state index contributed by atoms with van der Waals surface area (Å²) in [6.07, 6.45) is 7.99. The van der Waals surface area contributed by atoms with Crippen LogP contribution in [0.15, 0.2) is 18.2 Å². The fraction of sp³-hybridized carbons (Fsp3) is 0.625. The Balaban J connectivity index is 1.84. The molecule has 1 aliphatic heterocycles. The number of halogens is 2. The van der Waals surface area contributed by atoms with E-state index in [4.69, 9.17) is 0 Å². The third kappa shape index (κ3) is 2.81. The molecule has 0 aromatic heterocycles. The molecule has 0 amide bonds. The van der Waals surface area contributed by atoms with E-state index in [2.05, 4.69) is 5.32 Å². The van der Waals surface area contributed by atoms with Crippen molar-refractivity contribution in [1.82, 2.24) is 5.32 Å². The highest BCUT2D eigenvalue weighted by Crippen LogP contribution is 2.45. The number of hydrogen-bond acceptors (Lipinski definition) is 1. The van der Waals surface area contributed by atoms with Crippen LogP contribution in [0, 0.1) is 17.6 Å². The number of nitrogens with one attached hydrogen (secondary N) is 1. The molecule has 3 heteroatoms. The van der Waals surface area contributed by atoms with Gasteiger partial charge in [-0.15, -0.1) is 0 Å². The molecule has 0 spiro atoms. The summed E-state index contributed by atoms with van der Waals surface area (Å²) in [5, 5.41) is 3.69. The lowest BCUT2D eigenvalue weighted by atomic mass is 9.82. The van der Waals surface area contributed by atoms with Gasteiger partial charge in [0.2, 0.25) is 0 Å². The van der Waals surface area contributed by atoms with E-state index >= 15 is 0 Å². The second-order valence-corrected chi connectivity index (χ2v) is 6.08. The fourth-order valence-corrected chi connectivity index (χ4v) is 3.45. The lowest BCUT2D eigenvalue weighted by molar-refractivity contribution is 0.268.